The zero-order chi connectivity index (χ0) is 14.3. The summed E-state index contributed by atoms with van der Waals surface area (Å²) in [7, 11) is 1.43. The Labute approximate surface area is 111 Å². The molecular formula is C14H14FNO3. The Morgan fingerprint density at radius 1 is 1.37 bits per heavy atom. The number of carbonyl (C=O) groups excluding carboxylic acids is 2. The van der Waals surface area contributed by atoms with E-state index in [4.69, 9.17) is 4.74 Å². The van der Waals surface area contributed by atoms with Crippen molar-refractivity contribution < 1.29 is 18.7 Å². The summed E-state index contributed by atoms with van der Waals surface area (Å²) in [6.45, 7) is 1.75. The molecule has 0 saturated carbocycles. The lowest BCUT2D eigenvalue weighted by molar-refractivity contribution is -0.146. The van der Waals surface area contributed by atoms with Gasteiger partial charge < -0.3 is 9.64 Å². The first-order valence-corrected chi connectivity index (χ1v) is 5.72. The first kappa shape index (κ1) is 14.7. The summed E-state index contributed by atoms with van der Waals surface area (Å²) in [5.74, 6) is 3.14. The molecule has 4 nitrogen and oxygen atoms in total. The summed E-state index contributed by atoms with van der Waals surface area (Å²) < 4.78 is 18.0. The molecule has 0 aliphatic rings. The molecule has 1 amide bonds. The van der Waals surface area contributed by atoms with Crippen LogP contribution in [0.25, 0.3) is 0 Å². The molecule has 0 radical (unpaired) electrons. The molecular weight excluding hydrogens is 249 g/mol. The molecule has 0 heterocycles. The van der Waals surface area contributed by atoms with Crippen molar-refractivity contribution in [2.75, 3.05) is 20.2 Å². The molecule has 0 unspecified atom stereocenters. The minimum atomic E-state index is -0.573. The fourth-order valence-corrected chi connectivity index (χ4v) is 1.25. The number of halogens is 1. The van der Waals surface area contributed by atoms with Crippen molar-refractivity contribution in [3.8, 4) is 11.8 Å². The second kappa shape index (κ2) is 7.17. The number of carbonyl (C=O) groups is 2. The Morgan fingerprint density at radius 3 is 2.68 bits per heavy atom. The summed E-state index contributed by atoms with van der Waals surface area (Å²) in [5, 5.41) is 0. The van der Waals surface area contributed by atoms with E-state index < -0.39 is 17.7 Å². The number of hydrogen-bond acceptors (Lipinski definition) is 3. The third kappa shape index (κ3) is 4.80. The van der Waals surface area contributed by atoms with Crippen molar-refractivity contribution in [3.05, 3.63) is 35.6 Å². The Balaban J connectivity index is 2.65. The summed E-state index contributed by atoms with van der Waals surface area (Å²) in [6.07, 6.45) is 0. The quantitative estimate of drug-likeness (QED) is 0.608. The summed E-state index contributed by atoms with van der Waals surface area (Å²) in [5.41, 5.74) is 0.139. The normalized spacial score (nSPS) is 9.21. The zero-order valence-corrected chi connectivity index (χ0v) is 10.8. The Kier molecular flexibility index (Phi) is 5.55. The first-order valence-electron chi connectivity index (χ1n) is 5.72. The molecule has 0 spiro atoms. The van der Waals surface area contributed by atoms with Gasteiger partial charge in [0.15, 0.2) is 0 Å². The van der Waals surface area contributed by atoms with Crippen LogP contribution in [0.1, 0.15) is 12.5 Å². The van der Waals surface area contributed by atoms with Gasteiger partial charge in [-0.3, -0.25) is 9.59 Å². The predicted octanol–water partition coefficient (Wildman–Crippen LogP) is 1.20. The summed E-state index contributed by atoms with van der Waals surface area (Å²) in [4.78, 5) is 23.9. The first-order chi connectivity index (χ1) is 9.04. The maximum Gasteiger partial charge on any atom is 0.325 e. The minimum absolute atomic E-state index is 0.139. The molecule has 0 aromatic heterocycles. The van der Waals surface area contributed by atoms with Gasteiger partial charge in [0.2, 0.25) is 0 Å². The number of esters is 1. The van der Waals surface area contributed by atoms with E-state index >= 15 is 0 Å². The fraction of sp³-hybridized carbons (Fsp3) is 0.286. The average Bonchev–Trinajstić information content (AvgIpc) is 2.37. The van der Waals surface area contributed by atoms with Gasteiger partial charge in [-0.25, -0.2) is 4.39 Å². The minimum Gasteiger partial charge on any atom is -0.465 e. The van der Waals surface area contributed by atoms with Gasteiger partial charge in [0.25, 0.3) is 5.91 Å². The largest absolute Gasteiger partial charge is 0.465 e. The van der Waals surface area contributed by atoms with Gasteiger partial charge >= 0.3 is 5.97 Å². The smallest absolute Gasteiger partial charge is 0.325 e. The fourth-order valence-electron chi connectivity index (χ4n) is 1.25. The molecule has 1 rings (SSSR count). The van der Waals surface area contributed by atoms with Crippen molar-refractivity contribution in [1.29, 1.82) is 0 Å². The van der Waals surface area contributed by atoms with Crippen LogP contribution in [-0.4, -0.2) is 37.0 Å². The van der Waals surface area contributed by atoms with Crippen molar-refractivity contribution in [3.63, 3.8) is 0 Å². The van der Waals surface area contributed by atoms with Gasteiger partial charge in [-0.05, 0) is 19.1 Å². The van der Waals surface area contributed by atoms with Crippen LogP contribution in [0.2, 0.25) is 0 Å². The van der Waals surface area contributed by atoms with Gasteiger partial charge in [-0.2, -0.15) is 0 Å². The third-order valence-electron chi connectivity index (χ3n) is 2.20. The van der Waals surface area contributed by atoms with E-state index in [1.165, 1.54) is 25.2 Å². The van der Waals surface area contributed by atoms with Gasteiger partial charge in [-0.15, -0.1) is 0 Å². The van der Waals surface area contributed by atoms with E-state index in [1.807, 2.05) is 0 Å². The lowest BCUT2D eigenvalue weighted by Crippen LogP contribution is -2.32. The second-order valence-electron chi connectivity index (χ2n) is 3.70. The van der Waals surface area contributed by atoms with Gasteiger partial charge in [0, 0.05) is 13.0 Å². The van der Waals surface area contributed by atoms with Crippen molar-refractivity contribution in [2.24, 2.45) is 0 Å². The van der Waals surface area contributed by atoms with E-state index in [0.717, 1.165) is 4.90 Å². The molecule has 0 N–H and O–H groups in total. The van der Waals surface area contributed by atoms with Crippen molar-refractivity contribution in [2.45, 2.75) is 6.92 Å². The van der Waals surface area contributed by atoms with E-state index in [2.05, 4.69) is 11.8 Å². The molecule has 100 valence electrons. The molecule has 0 aliphatic carbocycles. The highest BCUT2D eigenvalue weighted by Crippen LogP contribution is 2.03. The zero-order valence-electron chi connectivity index (χ0n) is 10.8. The van der Waals surface area contributed by atoms with Crippen molar-refractivity contribution >= 4 is 11.9 Å². The maximum absolute atomic E-state index is 13.3. The molecule has 0 fully saturated rings. The van der Waals surface area contributed by atoms with Crippen LogP contribution in [0.4, 0.5) is 4.39 Å². The Bertz CT molecular complexity index is 531. The Morgan fingerprint density at radius 2 is 2.05 bits per heavy atom. The van der Waals surface area contributed by atoms with E-state index in [-0.39, 0.29) is 18.7 Å². The number of nitrogens with zero attached hydrogens (tertiary/aromatic N) is 1. The van der Waals surface area contributed by atoms with E-state index in [0.29, 0.717) is 0 Å². The second-order valence-corrected chi connectivity index (χ2v) is 3.70. The van der Waals surface area contributed by atoms with E-state index in [1.54, 1.807) is 13.0 Å². The molecule has 0 aliphatic heterocycles. The maximum atomic E-state index is 13.3. The highest BCUT2D eigenvalue weighted by atomic mass is 19.1. The predicted molar refractivity (Wildman–Crippen MR) is 67.5 cm³/mol. The van der Waals surface area contributed by atoms with Crippen LogP contribution in [-0.2, 0) is 14.3 Å². The SMILES string of the molecule is CCOC(=O)CN(C)C(=O)C#Cc1ccccc1F. The summed E-state index contributed by atoms with van der Waals surface area (Å²) >= 11 is 0. The molecule has 5 heteroatoms. The van der Waals surface area contributed by atoms with Crippen LogP contribution in [0.15, 0.2) is 24.3 Å². The number of benzene rings is 1. The van der Waals surface area contributed by atoms with Gasteiger partial charge in [0.05, 0.1) is 12.2 Å². The number of amides is 1. The van der Waals surface area contributed by atoms with Crippen LogP contribution in [0.3, 0.4) is 0 Å². The lowest BCUT2D eigenvalue weighted by atomic mass is 10.2. The van der Waals surface area contributed by atoms with Gasteiger partial charge in [-0.1, -0.05) is 18.1 Å². The molecule has 0 saturated heterocycles. The molecule has 1 aromatic rings. The molecule has 1 aromatic carbocycles. The van der Waals surface area contributed by atoms with Crippen LogP contribution < -0.4 is 0 Å². The van der Waals surface area contributed by atoms with Crippen LogP contribution in [0.5, 0.6) is 0 Å². The molecule has 0 bridgehead atoms. The monoisotopic (exact) mass is 263 g/mol. The summed E-state index contributed by atoms with van der Waals surface area (Å²) in [6, 6.07) is 5.90. The number of likely N-dealkylation sites (N-methyl/N-ethyl adjacent to an activating group) is 1. The van der Waals surface area contributed by atoms with Gasteiger partial charge in [0.1, 0.15) is 12.4 Å². The average molecular weight is 263 g/mol. The Hall–Kier alpha value is -2.35. The lowest BCUT2D eigenvalue weighted by Gasteiger charge is -2.12. The number of ether oxygens (including phenoxy) is 1. The van der Waals surface area contributed by atoms with E-state index in [9.17, 15) is 14.0 Å². The third-order valence-corrected chi connectivity index (χ3v) is 2.20. The highest BCUT2D eigenvalue weighted by molar-refractivity contribution is 5.95. The number of hydrogen-bond donors (Lipinski definition) is 0. The molecule has 19 heavy (non-hydrogen) atoms. The van der Waals surface area contributed by atoms with Crippen LogP contribution >= 0.6 is 0 Å². The topological polar surface area (TPSA) is 46.6 Å². The number of rotatable bonds is 3. The molecule has 0 atom stereocenters. The highest BCUT2D eigenvalue weighted by Gasteiger charge is 2.11. The standard InChI is InChI=1S/C14H14FNO3/c1-3-19-14(18)10-16(2)13(17)9-8-11-6-4-5-7-12(11)15/h4-7H,3,10H2,1-2H3. The van der Waals surface area contributed by atoms with Crippen LogP contribution in [0, 0.1) is 17.7 Å². The van der Waals surface area contributed by atoms with Crippen molar-refractivity contribution in [1.82, 2.24) is 4.90 Å².